The van der Waals surface area contributed by atoms with E-state index in [0.717, 1.165) is 12.2 Å². The fourth-order valence-electron chi connectivity index (χ4n) is 2.56. The summed E-state index contributed by atoms with van der Waals surface area (Å²) in [5.41, 5.74) is 1.68. The van der Waals surface area contributed by atoms with Crippen LogP contribution in [0.25, 0.3) is 0 Å². The summed E-state index contributed by atoms with van der Waals surface area (Å²) in [7, 11) is 0. The molecule has 0 atom stereocenters. The van der Waals surface area contributed by atoms with Gasteiger partial charge in [-0.2, -0.15) is 0 Å². The lowest BCUT2D eigenvalue weighted by atomic mass is 10.1. The van der Waals surface area contributed by atoms with E-state index in [1.54, 1.807) is 29.4 Å². The summed E-state index contributed by atoms with van der Waals surface area (Å²) in [6.45, 7) is 0.975. The summed E-state index contributed by atoms with van der Waals surface area (Å²) in [5.74, 6) is 0.632. The number of benzene rings is 2. The summed E-state index contributed by atoms with van der Waals surface area (Å²) in [4.78, 5) is 14.7. The maximum Gasteiger partial charge on any atom is 0.254 e. The molecule has 1 amide bonds. The first-order valence-electron chi connectivity index (χ1n) is 7.94. The van der Waals surface area contributed by atoms with Gasteiger partial charge in [0.1, 0.15) is 5.76 Å². The Bertz CT molecular complexity index is 832. The van der Waals surface area contributed by atoms with Crippen molar-refractivity contribution in [1.29, 1.82) is 0 Å². The second-order valence-electron chi connectivity index (χ2n) is 5.67. The number of furan rings is 1. The number of amides is 1. The van der Waals surface area contributed by atoms with Gasteiger partial charge in [-0.3, -0.25) is 4.79 Å². The molecule has 3 aromatic rings. The summed E-state index contributed by atoms with van der Waals surface area (Å²) in [5, 5.41) is 0.800. The molecule has 25 heavy (non-hydrogen) atoms. The molecule has 2 aromatic carbocycles. The molecular formula is C20H17Cl2NO2. The molecule has 0 aliphatic carbocycles. The van der Waals surface area contributed by atoms with E-state index in [1.807, 2.05) is 30.3 Å². The van der Waals surface area contributed by atoms with Crippen LogP contribution in [-0.4, -0.2) is 17.4 Å². The fraction of sp³-hybridized carbons (Fsp3) is 0.150. The smallest absolute Gasteiger partial charge is 0.254 e. The minimum atomic E-state index is -0.106. The first-order valence-corrected chi connectivity index (χ1v) is 8.70. The number of halogens is 2. The standard InChI is InChI=1S/C20H17Cl2NO2/c21-18-9-8-16(13-19(18)22)20(24)23(14-17-7-4-12-25-17)11-10-15-5-2-1-3-6-15/h1-9,12-13H,10-11,14H2. The third-order valence-electron chi connectivity index (χ3n) is 3.89. The molecule has 128 valence electrons. The zero-order valence-corrected chi connectivity index (χ0v) is 15.0. The third-order valence-corrected chi connectivity index (χ3v) is 4.63. The van der Waals surface area contributed by atoms with Gasteiger partial charge < -0.3 is 9.32 Å². The van der Waals surface area contributed by atoms with E-state index in [4.69, 9.17) is 27.6 Å². The number of hydrogen-bond acceptors (Lipinski definition) is 2. The summed E-state index contributed by atoms with van der Waals surface area (Å²) in [6, 6.07) is 18.7. The van der Waals surface area contributed by atoms with Crippen LogP contribution >= 0.6 is 23.2 Å². The predicted molar refractivity (Wildman–Crippen MR) is 100 cm³/mol. The van der Waals surface area contributed by atoms with E-state index in [-0.39, 0.29) is 5.91 Å². The summed E-state index contributed by atoms with van der Waals surface area (Å²) >= 11 is 12.0. The molecule has 3 rings (SSSR count). The molecule has 0 unspecified atom stereocenters. The van der Waals surface area contributed by atoms with Gasteiger partial charge in [-0.15, -0.1) is 0 Å². The number of rotatable bonds is 6. The van der Waals surface area contributed by atoms with Crippen LogP contribution in [0.4, 0.5) is 0 Å². The highest BCUT2D eigenvalue weighted by atomic mass is 35.5. The molecule has 5 heteroatoms. The van der Waals surface area contributed by atoms with Crippen molar-refractivity contribution in [2.45, 2.75) is 13.0 Å². The Balaban J connectivity index is 1.79. The molecule has 0 saturated carbocycles. The van der Waals surface area contributed by atoms with Gasteiger partial charge in [0.2, 0.25) is 0 Å². The van der Waals surface area contributed by atoms with Crippen molar-refractivity contribution < 1.29 is 9.21 Å². The minimum absolute atomic E-state index is 0.106. The highest BCUT2D eigenvalue weighted by molar-refractivity contribution is 6.42. The summed E-state index contributed by atoms with van der Waals surface area (Å²) in [6.07, 6.45) is 2.36. The van der Waals surface area contributed by atoms with Crippen molar-refractivity contribution in [1.82, 2.24) is 4.90 Å². The Kier molecular flexibility index (Phi) is 5.79. The van der Waals surface area contributed by atoms with Gasteiger partial charge in [-0.1, -0.05) is 53.5 Å². The minimum Gasteiger partial charge on any atom is -0.467 e. The highest BCUT2D eigenvalue weighted by Crippen LogP contribution is 2.24. The normalized spacial score (nSPS) is 10.6. The van der Waals surface area contributed by atoms with E-state index in [2.05, 4.69) is 12.1 Å². The third kappa shape index (κ3) is 4.65. The van der Waals surface area contributed by atoms with Gasteiger partial charge in [0.05, 0.1) is 22.9 Å². The van der Waals surface area contributed by atoms with Crippen molar-refractivity contribution in [3.8, 4) is 0 Å². The van der Waals surface area contributed by atoms with Crippen molar-refractivity contribution in [2.75, 3.05) is 6.54 Å². The number of nitrogens with zero attached hydrogens (tertiary/aromatic N) is 1. The van der Waals surface area contributed by atoms with Crippen LogP contribution in [0.15, 0.2) is 71.3 Å². The average molecular weight is 374 g/mol. The molecule has 0 N–H and O–H groups in total. The highest BCUT2D eigenvalue weighted by Gasteiger charge is 2.18. The second-order valence-corrected chi connectivity index (χ2v) is 6.48. The summed E-state index contributed by atoms with van der Waals surface area (Å²) < 4.78 is 5.40. The molecule has 0 spiro atoms. The van der Waals surface area contributed by atoms with Crippen LogP contribution in [0, 0.1) is 0 Å². The molecular weight excluding hydrogens is 357 g/mol. The molecule has 0 radical (unpaired) electrons. The van der Waals surface area contributed by atoms with E-state index >= 15 is 0 Å². The Morgan fingerprint density at radius 3 is 2.44 bits per heavy atom. The van der Waals surface area contributed by atoms with Gasteiger partial charge in [0, 0.05) is 12.1 Å². The van der Waals surface area contributed by atoms with Crippen molar-refractivity contribution in [2.24, 2.45) is 0 Å². The van der Waals surface area contributed by atoms with Crippen molar-refractivity contribution in [3.63, 3.8) is 0 Å². The van der Waals surface area contributed by atoms with E-state index in [0.29, 0.717) is 28.7 Å². The first-order chi connectivity index (χ1) is 12.1. The molecule has 0 fully saturated rings. The van der Waals surface area contributed by atoms with Crippen LogP contribution in [-0.2, 0) is 13.0 Å². The SMILES string of the molecule is O=C(c1ccc(Cl)c(Cl)c1)N(CCc1ccccc1)Cc1ccco1. The van der Waals surface area contributed by atoms with Crippen LogP contribution in [0.5, 0.6) is 0 Å². The van der Waals surface area contributed by atoms with E-state index in [9.17, 15) is 4.79 Å². The number of carbonyl (C=O) groups is 1. The molecule has 0 aliphatic heterocycles. The van der Waals surface area contributed by atoms with Crippen molar-refractivity contribution >= 4 is 29.1 Å². The van der Waals surface area contributed by atoms with Crippen LogP contribution in [0.2, 0.25) is 10.0 Å². The topological polar surface area (TPSA) is 33.5 Å². The number of carbonyl (C=O) groups excluding carboxylic acids is 1. The van der Waals surface area contributed by atoms with Gasteiger partial charge in [0.15, 0.2) is 0 Å². The molecule has 0 aliphatic rings. The van der Waals surface area contributed by atoms with Gasteiger partial charge in [-0.05, 0) is 42.3 Å². The van der Waals surface area contributed by atoms with Crippen LogP contribution in [0.3, 0.4) is 0 Å². The Labute approximate surface area is 156 Å². The zero-order chi connectivity index (χ0) is 17.6. The Hall–Kier alpha value is -2.23. The monoisotopic (exact) mass is 373 g/mol. The lowest BCUT2D eigenvalue weighted by molar-refractivity contribution is 0.0733. The molecule has 1 aromatic heterocycles. The largest absolute Gasteiger partial charge is 0.467 e. The van der Waals surface area contributed by atoms with Crippen molar-refractivity contribution in [3.05, 3.63) is 93.9 Å². The average Bonchev–Trinajstić information content (AvgIpc) is 3.14. The maximum absolute atomic E-state index is 12.9. The van der Waals surface area contributed by atoms with Crippen LogP contribution in [0.1, 0.15) is 21.7 Å². The van der Waals surface area contributed by atoms with Gasteiger partial charge in [0.25, 0.3) is 5.91 Å². The maximum atomic E-state index is 12.9. The molecule has 0 saturated heterocycles. The quantitative estimate of drug-likeness (QED) is 0.573. The lowest BCUT2D eigenvalue weighted by Crippen LogP contribution is -2.32. The fourth-order valence-corrected chi connectivity index (χ4v) is 2.86. The van der Waals surface area contributed by atoms with Gasteiger partial charge in [-0.25, -0.2) is 0 Å². The van der Waals surface area contributed by atoms with E-state index in [1.165, 1.54) is 5.56 Å². The lowest BCUT2D eigenvalue weighted by Gasteiger charge is -2.22. The Morgan fingerprint density at radius 2 is 1.76 bits per heavy atom. The molecule has 3 nitrogen and oxygen atoms in total. The number of hydrogen-bond donors (Lipinski definition) is 0. The molecule has 0 bridgehead atoms. The first kappa shape index (κ1) is 17.6. The molecule has 1 heterocycles. The van der Waals surface area contributed by atoms with Gasteiger partial charge >= 0.3 is 0 Å². The second kappa shape index (κ2) is 8.24. The van der Waals surface area contributed by atoms with E-state index < -0.39 is 0 Å². The van der Waals surface area contributed by atoms with Crippen LogP contribution < -0.4 is 0 Å². The predicted octanol–water partition coefficient (Wildman–Crippen LogP) is 5.47. The zero-order valence-electron chi connectivity index (χ0n) is 13.5. The Morgan fingerprint density at radius 1 is 0.960 bits per heavy atom.